The number of thioether (sulfide) groups is 1. The van der Waals surface area contributed by atoms with Crippen molar-refractivity contribution in [2.45, 2.75) is 14.0 Å². The van der Waals surface area contributed by atoms with E-state index in [2.05, 4.69) is 20.9 Å². The van der Waals surface area contributed by atoms with Gasteiger partial charge in [0.2, 0.25) is 9.84 Å². The predicted molar refractivity (Wildman–Crippen MR) is 96.9 cm³/mol. The molecule has 0 saturated heterocycles. The quantitative estimate of drug-likeness (QED) is 0.615. The number of sulfone groups is 1. The van der Waals surface area contributed by atoms with Gasteiger partial charge in [-0.05, 0) is 40.4 Å². The second kappa shape index (κ2) is 6.17. The van der Waals surface area contributed by atoms with E-state index < -0.39 is 15.8 Å². The Kier molecular flexibility index (Phi) is 4.49. The number of carbonyl (C=O) groups is 1. The molecule has 10 heteroatoms. The van der Waals surface area contributed by atoms with Crippen LogP contribution in [0.5, 0.6) is 0 Å². The Hall–Kier alpha value is -1.36. The molecule has 2 aromatic heterocycles. The van der Waals surface area contributed by atoms with Gasteiger partial charge < -0.3 is 9.67 Å². The summed E-state index contributed by atoms with van der Waals surface area (Å²) in [4.78, 5) is 15.4. The number of fused-ring (bicyclic) bond motifs is 1. The second-order valence-corrected chi connectivity index (χ2v) is 9.80. The summed E-state index contributed by atoms with van der Waals surface area (Å²) >= 11 is 5.55. The minimum atomic E-state index is -3.85. The summed E-state index contributed by atoms with van der Waals surface area (Å²) in [5, 5.41) is 9.13. The van der Waals surface area contributed by atoms with Crippen molar-refractivity contribution >= 4 is 65.9 Å². The molecule has 3 rings (SSSR count). The molecule has 0 aliphatic heterocycles. The number of carboxylic acid groups (broad SMARTS) is 1. The Morgan fingerprint density at radius 2 is 2.08 bits per heavy atom. The predicted octanol–water partition coefficient (Wildman–Crippen LogP) is 3.65. The summed E-state index contributed by atoms with van der Waals surface area (Å²) in [5.41, 5.74) is 1.33. The minimum Gasteiger partial charge on any atom is -0.477 e. The lowest BCUT2D eigenvalue weighted by molar-refractivity contribution is 0.0702. The van der Waals surface area contributed by atoms with Crippen LogP contribution in [-0.4, -0.2) is 35.3 Å². The minimum absolute atomic E-state index is 0.00379. The highest BCUT2D eigenvalue weighted by Crippen LogP contribution is 2.38. The van der Waals surface area contributed by atoms with Gasteiger partial charge >= 0.3 is 5.97 Å². The average Bonchev–Trinajstić information content (AvgIpc) is 3.11. The summed E-state index contributed by atoms with van der Waals surface area (Å²) in [6, 6.07) is 4.23. The first-order valence-corrected chi connectivity index (χ1v) is 10.8. The lowest BCUT2D eigenvalue weighted by atomic mass is 10.3. The lowest BCUT2D eigenvalue weighted by Crippen LogP contribution is -2.03. The maximum Gasteiger partial charge on any atom is 0.345 e. The molecule has 126 valence electrons. The van der Waals surface area contributed by atoms with Crippen molar-refractivity contribution in [3.8, 4) is 0 Å². The SMILES string of the molecule is CSc1sc(C(=O)O)cc1S(=O)(=O)c1cc(Br)c2c(c1)ncn2C. The van der Waals surface area contributed by atoms with Crippen molar-refractivity contribution in [3.05, 3.63) is 33.9 Å². The van der Waals surface area contributed by atoms with Crippen LogP contribution in [0.15, 0.2) is 43.0 Å². The van der Waals surface area contributed by atoms with Gasteiger partial charge in [-0.25, -0.2) is 18.2 Å². The fourth-order valence-corrected chi connectivity index (χ4v) is 7.05. The van der Waals surface area contributed by atoms with Gasteiger partial charge in [0.25, 0.3) is 0 Å². The van der Waals surface area contributed by atoms with E-state index in [4.69, 9.17) is 5.11 Å². The Labute approximate surface area is 154 Å². The molecular formula is C14H11BrN2O4S3. The molecule has 1 N–H and O–H groups in total. The number of aryl methyl sites for hydroxylation is 1. The molecule has 1 aromatic carbocycles. The Balaban J connectivity index is 2.23. The van der Waals surface area contributed by atoms with Gasteiger partial charge in [-0.15, -0.1) is 23.1 Å². The van der Waals surface area contributed by atoms with E-state index in [9.17, 15) is 13.2 Å². The molecule has 0 unspecified atom stereocenters. The van der Waals surface area contributed by atoms with Gasteiger partial charge in [0, 0.05) is 11.5 Å². The van der Waals surface area contributed by atoms with Crippen LogP contribution in [0, 0.1) is 0 Å². The molecule has 0 spiro atoms. The number of hydrogen-bond acceptors (Lipinski definition) is 6. The largest absolute Gasteiger partial charge is 0.477 e. The highest BCUT2D eigenvalue weighted by atomic mass is 79.9. The zero-order valence-electron chi connectivity index (χ0n) is 12.5. The molecule has 3 aromatic rings. The highest BCUT2D eigenvalue weighted by molar-refractivity contribution is 9.10. The van der Waals surface area contributed by atoms with Gasteiger partial charge in [-0.1, -0.05) is 0 Å². The first-order chi connectivity index (χ1) is 11.3. The van der Waals surface area contributed by atoms with E-state index in [0.717, 1.165) is 16.9 Å². The van der Waals surface area contributed by atoms with E-state index in [1.54, 1.807) is 17.2 Å². The van der Waals surface area contributed by atoms with Crippen LogP contribution in [0.25, 0.3) is 11.0 Å². The van der Waals surface area contributed by atoms with Crippen LogP contribution in [0.3, 0.4) is 0 Å². The summed E-state index contributed by atoms with van der Waals surface area (Å²) in [5.74, 6) is -1.14. The van der Waals surface area contributed by atoms with Gasteiger partial charge in [0.15, 0.2) is 0 Å². The smallest absolute Gasteiger partial charge is 0.345 e. The van der Waals surface area contributed by atoms with E-state index in [1.807, 2.05) is 7.05 Å². The highest BCUT2D eigenvalue weighted by Gasteiger charge is 2.27. The monoisotopic (exact) mass is 446 g/mol. The Morgan fingerprint density at radius 1 is 1.38 bits per heavy atom. The fraction of sp³-hybridized carbons (Fsp3) is 0.143. The lowest BCUT2D eigenvalue weighted by Gasteiger charge is -2.06. The average molecular weight is 447 g/mol. The normalized spacial score (nSPS) is 12.0. The van der Waals surface area contributed by atoms with Crippen LogP contribution in [0.2, 0.25) is 0 Å². The van der Waals surface area contributed by atoms with E-state index in [-0.39, 0.29) is 14.7 Å². The number of carboxylic acids is 1. The maximum absolute atomic E-state index is 13.0. The summed E-state index contributed by atoms with van der Waals surface area (Å²) in [6.07, 6.45) is 3.32. The molecule has 0 radical (unpaired) electrons. The van der Waals surface area contributed by atoms with Crippen molar-refractivity contribution in [2.24, 2.45) is 7.05 Å². The molecule has 0 bridgehead atoms. The number of aromatic carboxylic acids is 1. The number of rotatable bonds is 4. The van der Waals surface area contributed by atoms with Gasteiger partial charge in [0.1, 0.15) is 4.88 Å². The van der Waals surface area contributed by atoms with Crippen LogP contribution >= 0.6 is 39.0 Å². The summed E-state index contributed by atoms with van der Waals surface area (Å²) in [7, 11) is -2.03. The third kappa shape index (κ3) is 2.77. The fourth-order valence-electron chi connectivity index (χ4n) is 2.29. The van der Waals surface area contributed by atoms with Crippen LogP contribution in [0.4, 0.5) is 0 Å². The van der Waals surface area contributed by atoms with Crippen molar-refractivity contribution in [1.29, 1.82) is 0 Å². The third-order valence-corrected chi connectivity index (χ3v) is 8.28. The Bertz CT molecular complexity index is 1070. The van der Waals surface area contributed by atoms with Crippen LogP contribution in [0.1, 0.15) is 9.67 Å². The van der Waals surface area contributed by atoms with Crippen molar-refractivity contribution < 1.29 is 18.3 Å². The second-order valence-electron chi connectivity index (χ2n) is 4.90. The first kappa shape index (κ1) is 17.5. The number of benzene rings is 1. The zero-order chi connectivity index (χ0) is 17.6. The topological polar surface area (TPSA) is 89.3 Å². The molecule has 24 heavy (non-hydrogen) atoms. The van der Waals surface area contributed by atoms with Crippen molar-refractivity contribution in [3.63, 3.8) is 0 Å². The van der Waals surface area contributed by atoms with Crippen molar-refractivity contribution in [2.75, 3.05) is 6.26 Å². The maximum atomic E-state index is 13.0. The van der Waals surface area contributed by atoms with Gasteiger partial charge in [0.05, 0.1) is 31.4 Å². The number of imidazole rings is 1. The van der Waals surface area contributed by atoms with E-state index >= 15 is 0 Å². The molecule has 0 fully saturated rings. The molecule has 0 amide bonds. The first-order valence-electron chi connectivity index (χ1n) is 6.52. The van der Waals surface area contributed by atoms with E-state index in [0.29, 0.717) is 14.2 Å². The van der Waals surface area contributed by atoms with Gasteiger partial charge in [-0.2, -0.15) is 0 Å². The van der Waals surface area contributed by atoms with Gasteiger partial charge in [-0.3, -0.25) is 0 Å². The van der Waals surface area contributed by atoms with Crippen LogP contribution < -0.4 is 0 Å². The molecule has 0 saturated carbocycles. The van der Waals surface area contributed by atoms with Crippen LogP contribution in [-0.2, 0) is 16.9 Å². The number of halogens is 1. The molecular weight excluding hydrogens is 436 g/mol. The number of thiophene rings is 1. The molecule has 0 atom stereocenters. The number of hydrogen-bond donors (Lipinski definition) is 1. The molecule has 2 heterocycles. The molecule has 0 aliphatic carbocycles. The number of aromatic nitrogens is 2. The zero-order valence-corrected chi connectivity index (χ0v) is 16.5. The third-order valence-electron chi connectivity index (χ3n) is 3.40. The molecule has 6 nitrogen and oxygen atoms in total. The number of nitrogens with zero attached hydrogens (tertiary/aromatic N) is 2. The van der Waals surface area contributed by atoms with Crippen molar-refractivity contribution in [1.82, 2.24) is 9.55 Å². The summed E-state index contributed by atoms with van der Waals surface area (Å²) < 4.78 is 28.8. The molecule has 0 aliphatic rings. The Morgan fingerprint density at radius 3 is 2.71 bits per heavy atom. The standard InChI is InChI=1S/C14H11BrN2O4S3/c1-17-6-16-9-4-7(3-8(15)12(9)17)24(20,21)11-5-10(13(18)19)23-14(11)22-2/h3-6H,1-2H3,(H,18,19). The van der Waals surface area contributed by atoms with E-state index in [1.165, 1.54) is 30.0 Å². The summed E-state index contributed by atoms with van der Waals surface area (Å²) in [6.45, 7) is 0.